The summed E-state index contributed by atoms with van der Waals surface area (Å²) in [6.45, 7) is 2.87. The topological polar surface area (TPSA) is 63.1 Å². The summed E-state index contributed by atoms with van der Waals surface area (Å²) in [4.78, 5) is 15.0. The summed E-state index contributed by atoms with van der Waals surface area (Å²) in [5.74, 6) is 0.0780. The van der Waals surface area contributed by atoms with Crippen molar-refractivity contribution in [1.29, 1.82) is 0 Å². The molecule has 1 saturated heterocycles. The van der Waals surface area contributed by atoms with Crippen molar-refractivity contribution in [1.82, 2.24) is 24.4 Å². The highest BCUT2D eigenvalue weighted by Crippen LogP contribution is 2.30. The molecule has 0 radical (unpaired) electrons. The van der Waals surface area contributed by atoms with Crippen LogP contribution in [0.4, 0.5) is 13.2 Å². The van der Waals surface area contributed by atoms with Gasteiger partial charge in [-0.05, 0) is 78.9 Å². The molecule has 4 aromatic rings. The number of amides is 1. The average molecular weight is 526 g/mol. The molecule has 0 saturated carbocycles. The minimum absolute atomic E-state index is 0.00616. The van der Waals surface area contributed by atoms with Crippen LogP contribution in [0, 0.1) is 5.92 Å². The number of hydrogen-bond donors (Lipinski definition) is 1. The molecule has 37 heavy (non-hydrogen) atoms. The third-order valence-electron chi connectivity index (χ3n) is 6.69. The second kappa shape index (κ2) is 10.9. The zero-order chi connectivity index (χ0) is 25.8. The fraction of sp³-hybridized carbons (Fsp3) is 0.296. The van der Waals surface area contributed by atoms with E-state index in [9.17, 15) is 18.0 Å². The maximum absolute atomic E-state index is 12.8. The van der Waals surface area contributed by atoms with Crippen molar-refractivity contribution < 1.29 is 18.0 Å². The van der Waals surface area contributed by atoms with E-state index in [1.54, 1.807) is 0 Å². The maximum Gasteiger partial charge on any atom is 0.416 e. The fourth-order valence-corrected chi connectivity index (χ4v) is 5.01. The molecular weight excluding hydrogens is 499 g/mol. The molecule has 1 aliphatic rings. The molecule has 0 unspecified atom stereocenters. The molecule has 1 N–H and O–H groups in total. The predicted molar refractivity (Wildman–Crippen MR) is 136 cm³/mol. The fourth-order valence-electron chi connectivity index (χ4n) is 4.55. The lowest BCUT2D eigenvalue weighted by Gasteiger charge is -2.31. The molecular formula is C27H26F3N5OS. The van der Waals surface area contributed by atoms with E-state index in [-0.39, 0.29) is 11.8 Å². The van der Waals surface area contributed by atoms with Crippen LogP contribution in [0.3, 0.4) is 0 Å². The summed E-state index contributed by atoms with van der Waals surface area (Å²) in [5.41, 5.74) is 4.01. The van der Waals surface area contributed by atoms with Gasteiger partial charge in [-0.2, -0.15) is 13.2 Å². The number of benzene rings is 2. The zero-order valence-electron chi connectivity index (χ0n) is 20.0. The van der Waals surface area contributed by atoms with Gasteiger partial charge in [0.25, 0.3) is 0 Å². The number of aromatic nitrogens is 3. The van der Waals surface area contributed by atoms with Crippen molar-refractivity contribution in [2.75, 3.05) is 13.1 Å². The Hall–Kier alpha value is -3.50. The van der Waals surface area contributed by atoms with Gasteiger partial charge < -0.3 is 9.88 Å². The van der Waals surface area contributed by atoms with Crippen LogP contribution >= 0.6 is 11.5 Å². The van der Waals surface area contributed by atoms with Gasteiger partial charge in [-0.3, -0.25) is 9.69 Å². The Bertz CT molecular complexity index is 1310. The SMILES string of the molecule is O=C(NCc1ccc(-c2csnn2)cc1)C1CCN(Cc2ccn(-c3ccc(C(F)(F)F)cc3)c2)CC1. The molecule has 1 amide bonds. The van der Waals surface area contributed by atoms with Crippen LogP contribution in [-0.4, -0.2) is 38.1 Å². The zero-order valence-corrected chi connectivity index (χ0v) is 20.8. The lowest BCUT2D eigenvalue weighted by Crippen LogP contribution is -2.40. The number of halogens is 3. The van der Waals surface area contributed by atoms with Gasteiger partial charge in [0.1, 0.15) is 5.69 Å². The first-order chi connectivity index (χ1) is 17.8. The highest BCUT2D eigenvalue weighted by molar-refractivity contribution is 7.03. The Morgan fingerprint density at radius 3 is 2.38 bits per heavy atom. The van der Waals surface area contributed by atoms with Crippen molar-refractivity contribution in [3.05, 3.63) is 89.1 Å². The van der Waals surface area contributed by atoms with Crippen molar-refractivity contribution in [3.8, 4) is 16.9 Å². The number of nitrogens with one attached hydrogen (secondary N) is 1. The Balaban J connectivity index is 1.07. The summed E-state index contributed by atoms with van der Waals surface area (Å²) in [6.07, 6.45) is 1.05. The summed E-state index contributed by atoms with van der Waals surface area (Å²) in [5, 5.41) is 9.03. The van der Waals surface area contributed by atoms with Crippen LogP contribution < -0.4 is 5.32 Å². The smallest absolute Gasteiger partial charge is 0.352 e. The van der Waals surface area contributed by atoms with E-state index in [0.29, 0.717) is 12.2 Å². The Kier molecular flexibility index (Phi) is 7.38. The van der Waals surface area contributed by atoms with E-state index >= 15 is 0 Å². The number of alkyl halides is 3. The first kappa shape index (κ1) is 25.2. The van der Waals surface area contributed by atoms with Gasteiger partial charge in [-0.15, -0.1) is 5.10 Å². The van der Waals surface area contributed by atoms with E-state index in [2.05, 4.69) is 19.8 Å². The van der Waals surface area contributed by atoms with Crippen LogP contribution in [0.5, 0.6) is 0 Å². The standard InChI is InChI=1S/C27H26F3N5OS/c28-27(29,30)23-5-7-24(8-6-23)35-14-9-20(17-35)16-34-12-10-22(11-13-34)26(36)31-15-19-1-3-21(4-2-19)25-18-37-33-32-25/h1-9,14,17-18,22H,10-13,15-16H2,(H,31,36). The Labute approximate surface area is 216 Å². The minimum atomic E-state index is -4.34. The van der Waals surface area contributed by atoms with Gasteiger partial charge >= 0.3 is 6.18 Å². The largest absolute Gasteiger partial charge is 0.416 e. The van der Waals surface area contributed by atoms with E-state index in [1.165, 1.54) is 23.7 Å². The lowest BCUT2D eigenvalue weighted by atomic mass is 9.95. The van der Waals surface area contributed by atoms with Crippen LogP contribution in [-0.2, 0) is 24.1 Å². The minimum Gasteiger partial charge on any atom is -0.352 e. The van der Waals surface area contributed by atoms with E-state index in [1.807, 2.05) is 52.7 Å². The summed E-state index contributed by atoms with van der Waals surface area (Å²) in [6, 6.07) is 15.1. The number of carbonyl (C=O) groups excluding carboxylic acids is 1. The summed E-state index contributed by atoms with van der Waals surface area (Å²) < 4.78 is 44.1. The van der Waals surface area contributed by atoms with E-state index in [0.717, 1.165) is 67.0 Å². The van der Waals surface area contributed by atoms with Gasteiger partial charge in [-0.25, -0.2) is 0 Å². The average Bonchev–Trinajstić information content (AvgIpc) is 3.61. The number of hydrogen-bond acceptors (Lipinski definition) is 5. The molecule has 10 heteroatoms. The first-order valence-corrected chi connectivity index (χ1v) is 12.9. The molecule has 5 rings (SSSR count). The van der Waals surface area contributed by atoms with Crippen molar-refractivity contribution >= 4 is 17.4 Å². The molecule has 0 spiro atoms. The molecule has 192 valence electrons. The number of carbonyl (C=O) groups is 1. The number of likely N-dealkylation sites (tertiary alicyclic amines) is 1. The van der Waals surface area contributed by atoms with Gasteiger partial charge in [0.15, 0.2) is 0 Å². The highest BCUT2D eigenvalue weighted by Gasteiger charge is 2.30. The molecule has 0 aliphatic carbocycles. The number of rotatable bonds is 7. The van der Waals surface area contributed by atoms with Gasteiger partial charge in [-0.1, -0.05) is 28.8 Å². The van der Waals surface area contributed by atoms with Crippen molar-refractivity contribution in [3.63, 3.8) is 0 Å². The maximum atomic E-state index is 12.8. The third-order valence-corrected chi connectivity index (χ3v) is 7.19. The second-order valence-electron chi connectivity index (χ2n) is 9.23. The Morgan fingerprint density at radius 2 is 1.73 bits per heavy atom. The molecule has 2 aromatic heterocycles. The molecule has 3 heterocycles. The molecule has 2 aromatic carbocycles. The van der Waals surface area contributed by atoms with Crippen LogP contribution in [0.1, 0.15) is 29.5 Å². The third kappa shape index (κ3) is 6.26. The normalized spacial score (nSPS) is 15.1. The summed E-state index contributed by atoms with van der Waals surface area (Å²) in [7, 11) is 0. The monoisotopic (exact) mass is 525 g/mol. The second-order valence-corrected chi connectivity index (χ2v) is 9.84. The van der Waals surface area contributed by atoms with Crippen LogP contribution in [0.15, 0.2) is 72.4 Å². The molecule has 1 aliphatic heterocycles. The van der Waals surface area contributed by atoms with Crippen LogP contribution in [0.2, 0.25) is 0 Å². The highest BCUT2D eigenvalue weighted by atomic mass is 32.1. The molecule has 6 nitrogen and oxygen atoms in total. The van der Waals surface area contributed by atoms with E-state index in [4.69, 9.17) is 0 Å². The van der Waals surface area contributed by atoms with E-state index < -0.39 is 11.7 Å². The van der Waals surface area contributed by atoms with Crippen molar-refractivity contribution in [2.45, 2.75) is 32.1 Å². The number of nitrogens with zero attached hydrogens (tertiary/aromatic N) is 4. The molecule has 0 bridgehead atoms. The van der Waals surface area contributed by atoms with Gasteiger partial charge in [0.05, 0.1) is 5.56 Å². The molecule has 1 fully saturated rings. The Morgan fingerprint density at radius 1 is 1.00 bits per heavy atom. The lowest BCUT2D eigenvalue weighted by molar-refractivity contribution is -0.137. The predicted octanol–water partition coefficient (Wildman–Crippen LogP) is 5.54. The first-order valence-electron chi connectivity index (χ1n) is 12.1. The van der Waals surface area contributed by atoms with Crippen molar-refractivity contribution in [2.24, 2.45) is 5.92 Å². The number of piperidine rings is 1. The van der Waals surface area contributed by atoms with Gasteiger partial charge in [0.2, 0.25) is 5.91 Å². The summed E-state index contributed by atoms with van der Waals surface area (Å²) >= 11 is 1.32. The molecule has 0 atom stereocenters. The quantitative estimate of drug-likeness (QED) is 0.344. The van der Waals surface area contributed by atoms with Gasteiger partial charge in [0, 0.05) is 48.0 Å². The van der Waals surface area contributed by atoms with Crippen LogP contribution in [0.25, 0.3) is 16.9 Å².